The van der Waals surface area contributed by atoms with E-state index in [-0.39, 0.29) is 12.3 Å². The Hall–Kier alpha value is -1.31. The summed E-state index contributed by atoms with van der Waals surface area (Å²) in [6, 6.07) is 7.56. The van der Waals surface area contributed by atoms with Gasteiger partial charge in [-0.15, -0.1) is 0 Å². The second-order valence-corrected chi connectivity index (χ2v) is 3.36. The zero-order valence-corrected chi connectivity index (χ0v) is 11.7. The highest BCUT2D eigenvalue weighted by molar-refractivity contribution is 5.94. The fourth-order valence-electron chi connectivity index (χ4n) is 1.30. The molecule has 0 unspecified atom stereocenters. The molecule has 1 aliphatic rings. The number of likely N-dealkylation sites (tertiary alicyclic amines) is 1. The number of carbonyl (C=O) groups is 1. The third-order valence-corrected chi connectivity index (χ3v) is 2.28. The van der Waals surface area contributed by atoms with Crippen LogP contribution in [0.4, 0.5) is 0 Å². The quantitative estimate of drug-likeness (QED) is 0.725. The van der Waals surface area contributed by atoms with Gasteiger partial charge in [0.15, 0.2) is 0 Å². The fraction of sp³-hybridized carbons (Fsp3) is 0.533. The van der Waals surface area contributed by atoms with Crippen molar-refractivity contribution in [2.45, 2.75) is 41.0 Å². The average Bonchev–Trinajstić information content (AvgIpc) is 2.40. The number of amides is 1. The first kappa shape index (κ1) is 13.8. The van der Waals surface area contributed by atoms with Crippen molar-refractivity contribution in [1.82, 2.24) is 4.90 Å². The molecule has 2 heteroatoms. The van der Waals surface area contributed by atoms with Crippen LogP contribution in [0.1, 0.15) is 51.4 Å². The first-order valence-corrected chi connectivity index (χ1v) is 6.45. The van der Waals surface area contributed by atoms with E-state index < -0.39 is 0 Å². The Morgan fingerprint density at radius 2 is 1.59 bits per heavy atom. The van der Waals surface area contributed by atoms with Crippen LogP contribution in [0, 0.1) is 6.92 Å². The van der Waals surface area contributed by atoms with E-state index in [0.717, 1.165) is 11.1 Å². The van der Waals surface area contributed by atoms with E-state index in [0.29, 0.717) is 13.1 Å². The normalized spacial score (nSPS) is 14.4. The Kier molecular flexibility index (Phi) is 7.12. The minimum atomic E-state index is -0.0793. The highest BCUT2D eigenvalue weighted by Gasteiger charge is 2.20. The third-order valence-electron chi connectivity index (χ3n) is 2.28. The van der Waals surface area contributed by atoms with Crippen LogP contribution in [0.25, 0.3) is 0 Å². The Morgan fingerprint density at radius 1 is 1.12 bits per heavy atom. The van der Waals surface area contributed by atoms with Crippen LogP contribution in [-0.2, 0) is 0 Å². The number of nitrogens with zero attached hydrogens (tertiary/aromatic N) is 1. The van der Waals surface area contributed by atoms with Crippen molar-refractivity contribution in [3.05, 3.63) is 35.4 Å². The van der Waals surface area contributed by atoms with Crippen molar-refractivity contribution in [2.24, 2.45) is 0 Å². The molecule has 0 N–H and O–H groups in total. The molecule has 0 aliphatic carbocycles. The van der Waals surface area contributed by atoms with Crippen molar-refractivity contribution in [2.75, 3.05) is 13.1 Å². The van der Waals surface area contributed by atoms with Gasteiger partial charge in [0.25, 0.3) is 5.91 Å². The van der Waals surface area contributed by atoms with E-state index in [1.807, 2.05) is 58.9 Å². The maximum Gasteiger partial charge on any atom is 0.253 e. The number of aryl methyl sites for hydroxylation is 1. The number of hydrogen-bond donors (Lipinski definition) is 0. The van der Waals surface area contributed by atoms with E-state index in [1.165, 1.54) is 0 Å². The van der Waals surface area contributed by atoms with Gasteiger partial charge in [0.1, 0.15) is 0 Å². The van der Waals surface area contributed by atoms with E-state index in [9.17, 15) is 4.79 Å². The summed E-state index contributed by atoms with van der Waals surface area (Å²) in [6.45, 7) is 11.1. The summed E-state index contributed by atoms with van der Waals surface area (Å²) < 4.78 is 7.34. The molecule has 1 aromatic rings. The number of benzene rings is 1. The summed E-state index contributed by atoms with van der Waals surface area (Å²) in [5, 5.41) is 0. The molecule has 0 spiro atoms. The fourth-order valence-corrected chi connectivity index (χ4v) is 1.30. The van der Waals surface area contributed by atoms with Gasteiger partial charge in [-0.2, -0.15) is 0 Å². The van der Waals surface area contributed by atoms with Crippen molar-refractivity contribution < 1.29 is 6.17 Å². The molecule has 0 aromatic heterocycles. The first-order chi connectivity index (χ1) is 8.66. The van der Waals surface area contributed by atoms with Crippen molar-refractivity contribution in [1.29, 1.82) is 0 Å². The van der Waals surface area contributed by atoms with Gasteiger partial charge < -0.3 is 4.90 Å². The van der Waals surface area contributed by atoms with Gasteiger partial charge in [0.2, 0.25) is 0 Å². The van der Waals surface area contributed by atoms with Crippen LogP contribution in [0.2, 0.25) is 0 Å². The lowest BCUT2D eigenvalue weighted by Gasteiger charge is -2.30. The molecule has 2 rings (SSSR count). The van der Waals surface area contributed by atoms with Gasteiger partial charge in [-0.1, -0.05) is 45.4 Å². The smallest absolute Gasteiger partial charge is 0.253 e. The van der Waals surface area contributed by atoms with Crippen LogP contribution in [-0.4, -0.2) is 23.9 Å². The highest BCUT2D eigenvalue weighted by atomic mass is 16.2. The maximum absolute atomic E-state index is 11.7. The summed E-state index contributed by atoms with van der Waals surface area (Å²) in [5.74, 6) is 0.0495. The summed E-state index contributed by atoms with van der Waals surface area (Å²) in [4.78, 5) is 13.4. The van der Waals surface area contributed by atoms with Crippen molar-refractivity contribution in [3.8, 4) is 0 Å². The summed E-state index contributed by atoms with van der Waals surface area (Å²) in [5.41, 5.74) is 1.88. The number of carbonyl (C=O) groups excluding carboxylic acids is 1. The highest BCUT2D eigenvalue weighted by Crippen LogP contribution is 2.12. The molecule has 2 nitrogen and oxygen atoms in total. The summed E-state index contributed by atoms with van der Waals surface area (Å²) in [6.07, 6.45) is -0.0793. The average molecular weight is 237 g/mol. The van der Waals surface area contributed by atoms with Crippen molar-refractivity contribution in [3.63, 3.8) is 0 Å². The third kappa shape index (κ3) is 4.59. The van der Waals surface area contributed by atoms with Crippen molar-refractivity contribution >= 4 is 5.91 Å². The molecule has 0 saturated carbocycles. The molecule has 1 aromatic carbocycles. The summed E-state index contributed by atoms with van der Waals surface area (Å²) in [7, 11) is 0. The molecule has 17 heavy (non-hydrogen) atoms. The zero-order valence-electron chi connectivity index (χ0n) is 12.7. The SMILES string of the molecule is CC.CC.[3H]C1CN(C(=O)c2ccc(C)cc2)C1. The minimum absolute atomic E-state index is 0.0495. The monoisotopic (exact) mass is 237 g/mol. The van der Waals surface area contributed by atoms with Gasteiger partial charge >= 0.3 is 0 Å². The number of rotatable bonds is 1. The topological polar surface area (TPSA) is 20.3 Å². The molecular weight excluding hydrogens is 210 g/mol. The van der Waals surface area contributed by atoms with Gasteiger partial charge in [-0.05, 0) is 25.5 Å². The van der Waals surface area contributed by atoms with Gasteiger partial charge in [-0.25, -0.2) is 0 Å². The molecule has 1 heterocycles. The van der Waals surface area contributed by atoms with Crippen LogP contribution >= 0.6 is 0 Å². The van der Waals surface area contributed by atoms with Gasteiger partial charge in [0.05, 0.1) is 0 Å². The Balaban J connectivity index is 0.000000659. The zero-order chi connectivity index (χ0) is 14.1. The van der Waals surface area contributed by atoms with Crippen LogP contribution < -0.4 is 0 Å². The van der Waals surface area contributed by atoms with Gasteiger partial charge in [-0.3, -0.25) is 4.79 Å². The lowest BCUT2D eigenvalue weighted by atomic mass is 10.1. The van der Waals surface area contributed by atoms with E-state index in [2.05, 4.69) is 0 Å². The summed E-state index contributed by atoms with van der Waals surface area (Å²) >= 11 is 0. The van der Waals surface area contributed by atoms with Crippen LogP contribution in [0.3, 0.4) is 0 Å². The maximum atomic E-state index is 11.7. The minimum Gasteiger partial charge on any atom is -0.339 e. The van der Waals surface area contributed by atoms with E-state index in [4.69, 9.17) is 1.37 Å². The second kappa shape index (κ2) is 8.80. The molecule has 1 aliphatic heterocycles. The molecule has 1 saturated heterocycles. The standard InChI is InChI=1S/C11H13NO.2C2H6/c1-9-3-5-10(6-4-9)11(13)12-7-2-8-12;2*1-2/h3-6H,2,7-8H2,1H3;2*1-2H3/i2T;;. The predicted octanol–water partition coefficient (Wildman–Crippen LogP) is 3.89. The second-order valence-electron chi connectivity index (χ2n) is 3.36. The Morgan fingerprint density at radius 3 is 2.00 bits per heavy atom. The molecule has 1 fully saturated rings. The van der Waals surface area contributed by atoms with E-state index >= 15 is 0 Å². The Bertz CT molecular complexity index is 342. The largest absolute Gasteiger partial charge is 0.339 e. The predicted molar refractivity (Wildman–Crippen MR) is 74.4 cm³/mol. The first-order valence-electron chi connectivity index (χ1n) is 7.03. The Labute approximate surface area is 107 Å². The van der Waals surface area contributed by atoms with Crippen LogP contribution in [0.15, 0.2) is 24.3 Å². The molecular formula is C15H25NO. The lowest BCUT2D eigenvalue weighted by Crippen LogP contribution is -2.41. The van der Waals surface area contributed by atoms with Crippen LogP contribution in [0.5, 0.6) is 0 Å². The number of hydrogen-bond acceptors (Lipinski definition) is 1. The molecule has 1 amide bonds. The van der Waals surface area contributed by atoms with Gasteiger partial charge in [0, 0.05) is 20.0 Å². The molecule has 0 atom stereocenters. The molecule has 0 radical (unpaired) electrons. The lowest BCUT2D eigenvalue weighted by molar-refractivity contribution is 0.0652. The molecule has 96 valence electrons. The van der Waals surface area contributed by atoms with E-state index in [1.54, 1.807) is 4.90 Å². The molecule has 0 bridgehead atoms.